The van der Waals surface area contributed by atoms with Gasteiger partial charge in [-0.1, -0.05) is 52.2 Å². The molecule has 2 heterocycles. The van der Waals surface area contributed by atoms with Crippen molar-refractivity contribution in [2.45, 2.75) is 71.1 Å². The lowest BCUT2D eigenvalue weighted by atomic mass is 10.2. The highest BCUT2D eigenvalue weighted by atomic mass is 32.2. The van der Waals surface area contributed by atoms with Crippen LogP contribution in [0.2, 0.25) is 0 Å². The van der Waals surface area contributed by atoms with E-state index in [1.54, 1.807) is 16.7 Å². The topological polar surface area (TPSA) is 36.4 Å². The lowest BCUT2D eigenvalue weighted by Crippen LogP contribution is -2.27. The molecule has 0 N–H and O–H groups in total. The molecule has 1 saturated heterocycles. The third kappa shape index (κ3) is 9.63. The fraction of sp³-hybridized carbons (Fsp3) is 0.615. The minimum absolute atomic E-state index is 0.0794. The maximum atomic E-state index is 12.5. The highest BCUT2D eigenvalue weighted by molar-refractivity contribution is 7.98. The number of aryl methyl sites for hydroxylation is 1. The molecule has 180 valence electrons. The van der Waals surface area contributed by atoms with Crippen molar-refractivity contribution in [3.8, 4) is 10.6 Å². The van der Waals surface area contributed by atoms with E-state index < -0.39 is 0 Å². The Labute approximate surface area is 204 Å². The summed E-state index contributed by atoms with van der Waals surface area (Å²) < 4.78 is 0. The van der Waals surface area contributed by atoms with Crippen LogP contribution >= 0.6 is 23.1 Å². The van der Waals surface area contributed by atoms with Gasteiger partial charge in [-0.3, -0.25) is 4.79 Å². The molecule has 0 unspecified atom stereocenters. The SMILES string of the molecule is CC.CCCCN(C)C(=O)c1sc(-c2cccc(SC)c2)nc1C.CN1CCCCCC1. The third-order valence-corrected chi connectivity index (χ3v) is 7.25. The second kappa shape index (κ2) is 16.3. The summed E-state index contributed by atoms with van der Waals surface area (Å²) >= 11 is 3.20. The van der Waals surface area contributed by atoms with Crippen molar-refractivity contribution in [1.29, 1.82) is 0 Å². The Morgan fingerprint density at radius 3 is 2.44 bits per heavy atom. The number of unbranched alkanes of at least 4 members (excludes halogenated alkanes) is 1. The number of aromatic nitrogens is 1. The number of benzene rings is 1. The van der Waals surface area contributed by atoms with Crippen molar-refractivity contribution in [1.82, 2.24) is 14.8 Å². The Morgan fingerprint density at radius 2 is 1.84 bits per heavy atom. The summed E-state index contributed by atoms with van der Waals surface area (Å²) in [6.45, 7) is 11.5. The molecule has 32 heavy (non-hydrogen) atoms. The molecule has 0 bridgehead atoms. The number of nitrogens with zero attached hydrogens (tertiary/aromatic N) is 3. The molecule has 0 aliphatic carbocycles. The van der Waals surface area contributed by atoms with Crippen LogP contribution < -0.4 is 0 Å². The Morgan fingerprint density at radius 1 is 1.19 bits per heavy atom. The molecule has 2 aromatic rings. The van der Waals surface area contributed by atoms with Crippen LogP contribution in [0.25, 0.3) is 10.6 Å². The number of rotatable bonds is 6. The van der Waals surface area contributed by atoms with Crippen molar-refractivity contribution in [2.75, 3.05) is 40.0 Å². The normalized spacial score (nSPS) is 13.8. The van der Waals surface area contributed by atoms with Gasteiger partial charge in [0.25, 0.3) is 5.91 Å². The maximum absolute atomic E-state index is 12.5. The van der Waals surface area contributed by atoms with Crippen molar-refractivity contribution >= 4 is 29.0 Å². The first-order valence-electron chi connectivity index (χ1n) is 12.0. The van der Waals surface area contributed by atoms with Gasteiger partial charge in [-0.15, -0.1) is 23.1 Å². The summed E-state index contributed by atoms with van der Waals surface area (Å²) in [5.41, 5.74) is 1.90. The van der Waals surface area contributed by atoms with Gasteiger partial charge in [0.15, 0.2) is 0 Å². The number of carbonyl (C=O) groups is 1. The van der Waals surface area contributed by atoms with E-state index in [0.29, 0.717) is 0 Å². The smallest absolute Gasteiger partial charge is 0.265 e. The Hall–Kier alpha value is -1.37. The number of carbonyl (C=O) groups excluding carboxylic acids is 1. The van der Waals surface area contributed by atoms with Gasteiger partial charge in [-0.05, 0) is 64.7 Å². The molecule has 0 spiro atoms. The molecule has 1 aliphatic rings. The quantitative estimate of drug-likeness (QED) is 0.411. The number of thioether (sulfide) groups is 1. The van der Waals surface area contributed by atoms with Gasteiger partial charge in [0.2, 0.25) is 0 Å². The maximum Gasteiger partial charge on any atom is 0.265 e. The first-order valence-corrected chi connectivity index (χ1v) is 14.1. The number of amides is 1. The fourth-order valence-corrected chi connectivity index (χ4v) is 4.89. The van der Waals surface area contributed by atoms with Crippen molar-refractivity contribution in [3.05, 3.63) is 34.8 Å². The molecule has 4 nitrogen and oxygen atoms in total. The van der Waals surface area contributed by atoms with E-state index in [1.807, 2.05) is 40.0 Å². The minimum atomic E-state index is 0.0794. The summed E-state index contributed by atoms with van der Waals surface area (Å²) in [6.07, 6.45) is 9.90. The van der Waals surface area contributed by atoms with Crippen LogP contribution in [0.3, 0.4) is 0 Å². The van der Waals surface area contributed by atoms with Crippen LogP contribution in [0.5, 0.6) is 0 Å². The van der Waals surface area contributed by atoms with E-state index in [-0.39, 0.29) is 5.91 Å². The molecule has 1 aromatic carbocycles. The number of hydrogen-bond donors (Lipinski definition) is 0. The molecular formula is C26H43N3OS2. The number of thiazole rings is 1. The highest BCUT2D eigenvalue weighted by Gasteiger charge is 2.19. The second-order valence-corrected chi connectivity index (χ2v) is 9.84. The van der Waals surface area contributed by atoms with Gasteiger partial charge >= 0.3 is 0 Å². The molecular weight excluding hydrogens is 434 g/mol. The van der Waals surface area contributed by atoms with Gasteiger partial charge in [0.05, 0.1) is 5.69 Å². The number of likely N-dealkylation sites (tertiary alicyclic amines) is 1. The lowest BCUT2D eigenvalue weighted by molar-refractivity contribution is 0.0797. The van der Waals surface area contributed by atoms with Crippen LogP contribution in [0, 0.1) is 6.92 Å². The predicted molar refractivity (Wildman–Crippen MR) is 143 cm³/mol. The first kappa shape index (κ1) is 28.7. The van der Waals surface area contributed by atoms with Gasteiger partial charge in [-0.2, -0.15) is 0 Å². The molecule has 1 amide bonds. The van der Waals surface area contributed by atoms with E-state index in [9.17, 15) is 4.79 Å². The molecule has 1 aliphatic heterocycles. The van der Waals surface area contributed by atoms with Gasteiger partial charge in [-0.25, -0.2) is 4.98 Å². The molecule has 6 heteroatoms. The Balaban J connectivity index is 0.000000427. The van der Waals surface area contributed by atoms with Crippen molar-refractivity contribution < 1.29 is 4.79 Å². The summed E-state index contributed by atoms with van der Waals surface area (Å²) in [5, 5.41) is 0.917. The third-order valence-electron chi connectivity index (χ3n) is 5.33. The molecule has 1 fully saturated rings. The molecule has 1 aromatic heterocycles. The average Bonchev–Trinajstić information content (AvgIpc) is 3.05. The van der Waals surface area contributed by atoms with Crippen LogP contribution in [0.1, 0.15) is 74.7 Å². The number of hydrogen-bond acceptors (Lipinski definition) is 5. The largest absolute Gasteiger partial charge is 0.341 e. The summed E-state index contributed by atoms with van der Waals surface area (Å²) in [4.78, 5) is 23.3. The van der Waals surface area contributed by atoms with Gasteiger partial charge < -0.3 is 9.80 Å². The lowest BCUT2D eigenvalue weighted by Gasteiger charge is -2.15. The van der Waals surface area contributed by atoms with E-state index in [2.05, 4.69) is 42.2 Å². The zero-order chi connectivity index (χ0) is 23.9. The Kier molecular flexibility index (Phi) is 14.6. The van der Waals surface area contributed by atoms with E-state index in [0.717, 1.165) is 40.5 Å². The highest BCUT2D eigenvalue weighted by Crippen LogP contribution is 2.30. The van der Waals surface area contributed by atoms with Crippen molar-refractivity contribution in [2.24, 2.45) is 0 Å². The van der Waals surface area contributed by atoms with Gasteiger partial charge in [0, 0.05) is 24.1 Å². The monoisotopic (exact) mass is 477 g/mol. The summed E-state index contributed by atoms with van der Waals surface area (Å²) in [6, 6.07) is 8.29. The first-order chi connectivity index (χ1) is 15.5. The standard InChI is InChI=1S/C17H22N2OS2.C7H15N.C2H6/c1-5-6-10-19(3)17(20)15-12(2)18-16(22-15)13-8-7-9-14(11-13)21-4;1-8-6-4-2-3-5-7-8;1-2/h7-9,11H,5-6,10H2,1-4H3;2-7H2,1H3;1-2H3. The fourth-order valence-electron chi connectivity index (χ4n) is 3.37. The van der Waals surface area contributed by atoms with E-state index in [4.69, 9.17) is 0 Å². The molecule has 0 atom stereocenters. The second-order valence-electron chi connectivity index (χ2n) is 7.96. The zero-order valence-electron chi connectivity index (χ0n) is 21.2. The average molecular weight is 478 g/mol. The Bertz CT molecular complexity index is 783. The minimum Gasteiger partial charge on any atom is -0.341 e. The van der Waals surface area contributed by atoms with E-state index in [1.165, 1.54) is 55.0 Å². The van der Waals surface area contributed by atoms with Crippen LogP contribution in [0.15, 0.2) is 29.2 Å². The molecule has 0 radical (unpaired) electrons. The van der Waals surface area contributed by atoms with Crippen LogP contribution in [0.4, 0.5) is 0 Å². The zero-order valence-corrected chi connectivity index (χ0v) is 22.9. The predicted octanol–water partition coefficient (Wildman–Crippen LogP) is 7.23. The van der Waals surface area contributed by atoms with Crippen LogP contribution in [-0.4, -0.2) is 60.7 Å². The van der Waals surface area contributed by atoms with Crippen LogP contribution in [-0.2, 0) is 0 Å². The van der Waals surface area contributed by atoms with Gasteiger partial charge in [0.1, 0.15) is 9.88 Å². The van der Waals surface area contributed by atoms with E-state index >= 15 is 0 Å². The molecule has 3 rings (SSSR count). The summed E-state index contributed by atoms with van der Waals surface area (Å²) in [7, 11) is 4.08. The summed E-state index contributed by atoms with van der Waals surface area (Å²) in [5.74, 6) is 0.0794. The van der Waals surface area contributed by atoms with Crippen molar-refractivity contribution in [3.63, 3.8) is 0 Å². The molecule has 0 saturated carbocycles.